The summed E-state index contributed by atoms with van der Waals surface area (Å²) in [6, 6.07) is 4.18. The highest BCUT2D eigenvalue weighted by atomic mass is 19.1. The van der Waals surface area contributed by atoms with E-state index in [0.717, 1.165) is 12.5 Å². The predicted molar refractivity (Wildman–Crippen MR) is 64.7 cm³/mol. The van der Waals surface area contributed by atoms with Crippen LogP contribution in [0.5, 0.6) is 0 Å². The minimum atomic E-state index is -0.506. The number of rotatable bonds is 3. The third-order valence-electron chi connectivity index (χ3n) is 3.71. The Hall–Kier alpha value is -0.960. The molecule has 1 aliphatic carbocycles. The van der Waals surface area contributed by atoms with Gasteiger partial charge in [-0.05, 0) is 43.4 Å². The maximum atomic E-state index is 13.1. The minimum Gasteiger partial charge on any atom is -0.307 e. The second kappa shape index (κ2) is 5.13. The fourth-order valence-corrected chi connectivity index (χ4v) is 2.64. The van der Waals surface area contributed by atoms with Crippen LogP contribution < -0.4 is 5.32 Å². The average Bonchev–Trinajstić information content (AvgIpc) is 2.63. The van der Waals surface area contributed by atoms with Crippen LogP contribution in [-0.2, 0) is 0 Å². The highest BCUT2D eigenvalue weighted by molar-refractivity contribution is 5.21. The molecule has 0 amide bonds. The molecule has 1 nitrogen and oxygen atoms in total. The third kappa shape index (κ3) is 3.03. The van der Waals surface area contributed by atoms with Gasteiger partial charge in [0.1, 0.15) is 11.6 Å². The van der Waals surface area contributed by atoms with Crippen molar-refractivity contribution in [2.24, 2.45) is 5.92 Å². The van der Waals surface area contributed by atoms with Gasteiger partial charge in [0, 0.05) is 18.2 Å². The summed E-state index contributed by atoms with van der Waals surface area (Å²) in [5, 5.41) is 3.47. The van der Waals surface area contributed by atoms with Crippen LogP contribution in [0.3, 0.4) is 0 Å². The number of halogens is 2. The van der Waals surface area contributed by atoms with E-state index in [1.807, 2.05) is 6.92 Å². The molecule has 0 bridgehead atoms. The van der Waals surface area contributed by atoms with E-state index < -0.39 is 11.6 Å². The van der Waals surface area contributed by atoms with Crippen molar-refractivity contribution in [3.05, 3.63) is 35.4 Å². The molecule has 3 heteroatoms. The molecule has 1 aromatic rings. The number of nitrogens with one attached hydrogen (secondary N) is 1. The first kappa shape index (κ1) is 12.5. The summed E-state index contributed by atoms with van der Waals surface area (Å²) >= 11 is 0. The molecule has 0 spiro atoms. The van der Waals surface area contributed by atoms with E-state index >= 15 is 0 Å². The van der Waals surface area contributed by atoms with Crippen molar-refractivity contribution in [3.63, 3.8) is 0 Å². The van der Waals surface area contributed by atoms with Gasteiger partial charge in [0.15, 0.2) is 0 Å². The summed E-state index contributed by atoms with van der Waals surface area (Å²) in [4.78, 5) is 0. The monoisotopic (exact) mass is 239 g/mol. The average molecular weight is 239 g/mol. The highest BCUT2D eigenvalue weighted by Crippen LogP contribution is 2.27. The van der Waals surface area contributed by atoms with E-state index in [2.05, 4.69) is 12.2 Å². The van der Waals surface area contributed by atoms with Gasteiger partial charge < -0.3 is 5.32 Å². The van der Waals surface area contributed by atoms with Gasteiger partial charge in [0.25, 0.3) is 0 Å². The fourth-order valence-electron chi connectivity index (χ4n) is 2.64. The molecule has 1 fully saturated rings. The van der Waals surface area contributed by atoms with Crippen molar-refractivity contribution in [2.75, 3.05) is 0 Å². The molecule has 3 unspecified atom stereocenters. The molecule has 3 atom stereocenters. The van der Waals surface area contributed by atoms with E-state index in [0.29, 0.717) is 17.5 Å². The standard InChI is InChI=1S/C14H19F2N/c1-9-4-3-5-14(9)17-10(2)11-6-12(15)8-13(16)7-11/h6-10,14,17H,3-5H2,1-2H3. The second-order valence-corrected chi connectivity index (χ2v) is 5.11. The van der Waals surface area contributed by atoms with Gasteiger partial charge in [-0.25, -0.2) is 8.78 Å². The molecule has 1 aliphatic rings. The molecular weight excluding hydrogens is 220 g/mol. The molecule has 2 rings (SSSR count). The van der Waals surface area contributed by atoms with Crippen LogP contribution in [0.2, 0.25) is 0 Å². The normalized spacial score (nSPS) is 26.1. The van der Waals surface area contributed by atoms with Crippen LogP contribution in [-0.4, -0.2) is 6.04 Å². The zero-order valence-corrected chi connectivity index (χ0v) is 10.3. The van der Waals surface area contributed by atoms with Gasteiger partial charge in [-0.15, -0.1) is 0 Å². The number of hydrogen-bond donors (Lipinski definition) is 1. The van der Waals surface area contributed by atoms with Crippen LogP contribution >= 0.6 is 0 Å². The first-order chi connectivity index (χ1) is 8.06. The van der Waals surface area contributed by atoms with Gasteiger partial charge in [-0.2, -0.15) is 0 Å². The van der Waals surface area contributed by atoms with E-state index in [1.165, 1.54) is 25.0 Å². The molecule has 1 aromatic carbocycles. The molecule has 0 aromatic heterocycles. The Morgan fingerprint density at radius 1 is 1.18 bits per heavy atom. The van der Waals surface area contributed by atoms with Crippen LogP contribution in [0.15, 0.2) is 18.2 Å². The summed E-state index contributed by atoms with van der Waals surface area (Å²) in [5.74, 6) is -0.364. The molecule has 1 N–H and O–H groups in total. The Morgan fingerprint density at radius 2 is 1.82 bits per heavy atom. The van der Waals surface area contributed by atoms with E-state index in [-0.39, 0.29) is 6.04 Å². The Labute approximate surface area is 101 Å². The predicted octanol–water partition coefficient (Wildman–Crippen LogP) is 3.80. The van der Waals surface area contributed by atoms with Gasteiger partial charge >= 0.3 is 0 Å². The molecular formula is C14H19F2N. The SMILES string of the molecule is CC(NC1CCCC1C)c1cc(F)cc(F)c1. The van der Waals surface area contributed by atoms with Crippen LogP contribution in [0.1, 0.15) is 44.7 Å². The summed E-state index contributed by atoms with van der Waals surface area (Å²) < 4.78 is 26.2. The number of hydrogen-bond acceptors (Lipinski definition) is 1. The molecule has 1 saturated carbocycles. The lowest BCUT2D eigenvalue weighted by Gasteiger charge is -2.23. The lowest BCUT2D eigenvalue weighted by Crippen LogP contribution is -2.33. The minimum absolute atomic E-state index is 0.00856. The smallest absolute Gasteiger partial charge is 0.126 e. The van der Waals surface area contributed by atoms with Crippen LogP contribution in [0.25, 0.3) is 0 Å². The highest BCUT2D eigenvalue weighted by Gasteiger charge is 2.24. The summed E-state index contributed by atoms with van der Waals surface area (Å²) in [5.41, 5.74) is 0.682. The third-order valence-corrected chi connectivity index (χ3v) is 3.71. The van der Waals surface area contributed by atoms with Crippen LogP contribution in [0.4, 0.5) is 8.78 Å². The van der Waals surface area contributed by atoms with Crippen molar-refractivity contribution >= 4 is 0 Å². The zero-order chi connectivity index (χ0) is 12.4. The molecule has 17 heavy (non-hydrogen) atoms. The van der Waals surface area contributed by atoms with Crippen molar-refractivity contribution in [1.82, 2.24) is 5.32 Å². The Kier molecular flexibility index (Phi) is 3.77. The van der Waals surface area contributed by atoms with E-state index in [1.54, 1.807) is 0 Å². The van der Waals surface area contributed by atoms with E-state index in [4.69, 9.17) is 0 Å². The largest absolute Gasteiger partial charge is 0.307 e. The quantitative estimate of drug-likeness (QED) is 0.846. The lowest BCUT2D eigenvalue weighted by molar-refractivity contribution is 0.387. The van der Waals surface area contributed by atoms with Crippen LogP contribution in [0, 0.1) is 17.6 Å². The Morgan fingerprint density at radius 3 is 2.35 bits per heavy atom. The van der Waals surface area contributed by atoms with Gasteiger partial charge in [-0.3, -0.25) is 0 Å². The summed E-state index contributed by atoms with van der Waals surface area (Å²) in [6.07, 6.45) is 3.63. The first-order valence-electron chi connectivity index (χ1n) is 6.28. The van der Waals surface area contributed by atoms with Gasteiger partial charge in [-0.1, -0.05) is 13.3 Å². The van der Waals surface area contributed by atoms with Crippen molar-refractivity contribution in [1.29, 1.82) is 0 Å². The molecule has 0 saturated heterocycles. The topological polar surface area (TPSA) is 12.0 Å². The van der Waals surface area contributed by atoms with Crippen molar-refractivity contribution in [2.45, 2.75) is 45.2 Å². The molecule has 0 heterocycles. The number of benzene rings is 1. The Bertz CT molecular complexity index is 372. The lowest BCUT2D eigenvalue weighted by atomic mass is 10.0. The maximum absolute atomic E-state index is 13.1. The summed E-state index contributed by atoms with van der Waals surface area (Å²) in [7, 11) is 0. The van der Waals surface area contributed by atoms with Crippen molar-refractivity contribution < 1.29 is 8.78 Å². The van der Waals surface area contributed by atoms with Gasteiger partial charge in [0.2, 0.25) is 0 Å². The fraction of sp³-hybridized carbons (Fsp3) is 0.571. The molecule has 0 aliphatic heterocycles. The summed E-state index contributed by atoms with van der Waals surface area (Å²) in [6.45, 7) is 4.18. The maximum Gasteiger partial charge on any atom is 0.126 e. The molecule has 0 radical (unpaired) electrons. The Balaban J connectivity index is 2.06. The second-order valence-electron chi connectivity index (χ2n) is 5.11. The first-order valence-corrected chi connectivity index (χ1v) is 6.28. The molecule has 94 valence electrons. The van der Waals surface area contributed by atoms with Gasteiger partial charge in [0.05, 0.1) is 0 Å². The zero-order valence-electron chi connectivity index (χ0n) is 10.3. The van der Waals surface area contributed by atoms with E-state index in [9.17, 15) is 8.78 Å². The van der Waals surface area contributed by atoms with Crippen molar-refractivity contribution in [3.8, 4) is 0 Å².